The van der Waals surface area contributed by atoms with Crippen LogP contribution in [0.25, 0.3) is 11.3 Å². The number of nitrogens with one attached hydrogen (secondary N) is 2. The molecular weight excluding hydrogens is 410 g/mol. The van der Waals surface area contributed by atoms with Gasteiger partial charge >= 0.3 is 0 Å². The lowest BCUT2D eigenvalue weighted by molar-refractivity contribution is 0.0976. The summed E-state index contributed by atoms with van der Waals surface area (Å²) in [4.78, 5) is 17.0. The van der Waals surface area contributed by atoms with Crippen molar-refractivity contribution in [1.82, 2.24) is 10.3 Å². The summed E-state index contributed by atoms with van der Waals surface area (Å²) in [6, 6.07) is 12.6. The normalized spacial score (nSPS) is 12.2. The second-order valence-electron chi connectivity index (χ2n) is 6.03. The molecule has 148 valence electrons. The minimum absolute atomic E-state index is 0.167. The van der Waals surface area contributed by atoms with Gasteiger partial charge in [0.2, 0.25) is 0 Å². The Morgan fingerprint density at radius 1 is 1.14 bits per heavy atom. The summed E-state index contributed by atoms with van der Waals surface area (Å²) < 4.78 is 16.1. The van der Waals surface area contributed by atoms with Crippen molar-refractivity contribution in [2.24, 2.45) is 0 Å². The fraction of sp³-hybridized carbons (Fsp3) is 0.150. The second kappa shape index (κ2) is 8.46. The van der Waals surface area contributed by atoms with E-state index in [1.807, 2.05) is 29.6 Å². The minimum atomic E-state index is -0.341. The van der Waals surface area contributed by atoms with Crippen molar-refractivity contribution in [2.45, 2.75) is 0 Å². The Labute approximate surface area is 176 Å². The monoisotopic (exact) mass is 427 g/mol. The topological polar surface area (TPSA) is 81.7 Å². The number of carbonyl (C=O) groups is 1. The molecule has 0 spiro atoms. The number of amides is 1. The molecule has 0 saturated carbocycles. The zero-order chi connectivity index (χ0) is 20.2. The van der Waals surface area contributed by atoms with Crippen molar-refractivity contribution in [3.8, 4) is 28.5 Å². The number of methoxy groups -OCH3 is 1. The van der Waals surface area contributed by atoms with Crippen molar-refractivity contribution in [1.29, 1.82) is 0 Å². The average molecular weight is 428 g/mol. The summed E-state index contributed by atoms with van der Waals surface area (Å²) >= 11 is 6.64. The maximum atomic E-state index is 12.5. The fourth-order valence-electron chi connectivity index (χ4n) is 2.71. The molecule has 7 nitrogen and oxygen atoms in total. The predicted octanol–water partition coefficient (Wildman–Crippen LogP) is 3.72. The molecule has 0 fully saturated rings. The number of rotatable bonds is 4. The third kappa shape index (κ3) is 4.47. The van der Waals surface area contributed by atoms with Gasteiger partial charge in [0.15, 0.2) is 21.7 Å². The Morgan fingerprint density at radius 3 is 2.66 bits per heavy atom. The molecule has 29 heavy (non-hydrogen) atoms. The van der Waals surface area contributed by atoms with E-state index in [0.717, 1.165) is 17.0 Å². The van der Waals surface area contributed by atoms with Gasteiger partial charge in [0, 0.05) is 16.5 Å². The maximum absolute atomic E-state index is 12.5. The number of benzene rings is 2. The van der Waals surface area contributed by atoms with E-state index in [1.54, 1.807) is 25.3 Å². The molecule has 2 N–H and O–H groups in total. The van der Waals surface area contributed by atoms with Gasteiger partial charge in [-0.25, -0.2) is 4.98 Å². The lowest BCUT2D eigenvalue weighted by atomic mass is 10.2. The number of aromatic nitrogens is 1. The molecule has 1 amide bonds. The van der Waals surface area contributed by atoms with Crippen LogP contribution >= 0.6 is 23.6 Å². The summed E-state index contributed by atoms with van der Waals surface area (Å²) in [5.41, 5.74) is 2.19. The van der Waals surface area contributed by atoms with E-state index in [0.29, 0.717) is 35.4 Å². The first-order chi connectivity index (χ1) is 14.1. The number of anilines is 1. The quantitative estimate of drug-likeness (QED) is 0.614. The van der Waals surface area contributed by atoms with Crippen molar-refractivity contribution in [3.63, 3.8) is 0 Å². The number of ether oxygens (including phenoxy) is 3. The summed E-state index contributed by atoms with van der Waals surface area (Å²) in [6.07, 6.45) is 0. The van der Waals surface area contributed by atoms with Gasteiger partial charge in [-0.05, 0) is 54.7 Å². The summed E-state index contributed by atoms with van der Waals surface area (Å²) in [6.45, 7) is 0.956. The Morgan fingerprint density at radius 2 is 1.90 bits per heavy atom. The van der Waals surface area contributed by atoms with E-state index >= 15 is 0 Å². The molecular formula is C20H17N3O4S2. The second-order valence-corrected chi connectivity index (χ2v) is 7.30. The van der Waals surface area contributed by atoms with Crippen LogP contribution in [0.15, 0.2) is 47.8 Å². The average Bonchev–Trinajstić information content (AvgIpc) is 3.21. The maximum Gasteiger partial charge on any atom is 0.257 e. The molecule has 2 heterocycles. The molecule has 0 atom stereocenters. The lowest BCUT2D eigenvalue weighted by Gasteiger charge is -2.18. The highest BCUT2D eigenvalue weighted by atomic mass is 32.1. The summed E-state index contributed by atoms with van der Waals surface area (Å²) in [5, 5.41) is 8.26. The number of fused-ring (bicyclic) bond motifs is 1. The van der Waals surface area contributed by atoms with E-state index in [2.05, 4.69) is 15.6 Å². The first kappa shape index (κ1) is 19.2. The van der Waals surface area contributed by atoms with Crippen LogP contribution in [0.3, 0.4) is 0 Å². The van der Waals surface area contributed by atoms with Gasteiger partial charge in [0.05, 0.1) is 12.8 Å². The van der Waals surface area contributed by atoms with Crippen LogP contribution in [0.2, 0.25) is 0 Å². The van der Waals surface area contributed by atoms with Crippen molar-refractivity contribution < 1.29 is 19.0 Å². The van der Waals surface area contributed by atoms with Gasteiger partial charge in [0.25, 0.3) is 5.91 Å². The molecule has 2 aromatic carbocycles. The molecule has 4 rings (SSSR count). The van der Waals surface area contributed by atoms with E-state index in [1.165, 1.54) is 11.3 Å². The van der Waals surface area contributed by atoms with E-state index < -0.39 is 0 Å². The molecule has 0 saturated heterocycles. The fourth-order valence-corrected chi connectivity index (χ4v) is 3.69. The predicted molar refractivity (Wildman–Crippen MR) is 115 cm³/mol. The molecule has 0 bridgehead atoms. The Bertz CT molecular complexity index is 1050. The molecule has 0 unspecified atom stereocenters. The zero-order valence-corrected chi connectivity index (χ0v) is 17.1. The molecule has 9 heteroatoms. The van der Waals surface area contributed by atoms with Crippen LogP contribution in [-0.4, -0.2) is 36.3 Å². The Balaban J connectivity index is 1.38. The number of hydrogen-bond donors (Lipinski definition) is 2. The molecule has 1 aliphatic rings. The van der Waals surface area contributed by atoms with E-state index in [-0.39, 0.29) is 11.0 Å². The summed E-state index contributed by atoms with van der Waals surface area (Å²) in [5.74, 6) is 1.62. The third-order valence-electron chi connectivity index (χ3n) is 4.14. The Hall–Kier alpha value is -3.17. The van der Waals surface area contributed by atoms with Gasteiger partial charge in [-0.1, -0.05) is 0 Å². The number of thiazole rings is 1. The van der Waals surface area contributed by atoms with Gasteiger partial charge in [-0.3, -0.25) is 10.1 Å². The van der Waals surface area contributed by atoms with Crippen LogP contribution in [0.4, 0.5) is 5.13 Å². The zero-order valence-electron chi connectivity index (χ0n) is 15.4. The van der Waals surface area contributed by atoms with Gasteiger partial charge < -0.3 is 19.5 Å². The van der Waals surface area contributed by atoms with E-state index in [9.17, 15) is 4.79 Å². The number of nitrogens with zero attached hydrogens (tertiary/aromatic N) is 1. The van der Waals surface area contributed by atoms with Crippen LogP contribution in [0.5, 0.6) is 17.2 Å². The van der Waals surface area contributed by atoms with Crippen LogP contribution in [0.1, 0.15) is 10.4 Å². The summed E-state index contributed by atoms with van der Waals surface area (Å²) in [7, 11) is 1.63. The van der Waals surface area contributed by atoms with Crippen molar-refractivity contribution >= 4 is 39.7 Å². The lowest BCUT2D eigenvalue weighted by Crippen LogP contribution is -2.34. The minimum Gasteiger partial charge on any atom is -0.497 e. The van der Waals surface area contributed by atoms with Crippen molar-refractivity contribution in [2.75, 3.05) is 25.6 Å². The van der Waals surface area contributed by atoms with Crippen molar-refractivity contribution in [3.05, 3.63) is 53.4 Å². The Kier molecular flexibility index (Phi) is 5.59. The number of hydrogen-bond acceptors (Lipinski definition) is 7. The number of thiocarbonyl (C=S) groups is 1. The third-order valence-corrected chi connectivity index (χ3v) is 5.10. The molecule has 0 radical (unpaired) electrons. The standard InChI is InChI=1S/C20H17N3O4S2/c1-25-14-5-2-12(3-6-14)15-11-29-20(21-15)23-19(28)22-18(24)13-4-7-16-17(10-13)27-9-8-26-16/h2-7,10-11H,8-9H2,1H3,(H2,21,22,23,24,28). The van der Waals surface area contributed by atoms with Gasteiger partial charge in [-0.15, -0.1) is 11.3 Å². The molecule has 1 aromatic heterocycles. The first-order valence-electron chi connectivity index (χ1n) is 8.74. The van der Waals surface area contributed by atoms with Gasteiger partial charge in [-0.2, -0.15) is 0 Å². The smallest absolute Gasteiger partial charge is 0.257 e. The highest BCUT2D eigenvalue weighted by molar-refractivity contribution is 7.80. The number of carbonyl (C=O) groups excluding carboxylic acids is 1. The van der Waals surface area contributed by atoms with Crippen LogP contribution < -0.4 is 24.8 Å². The van der Waals surface area contributed by atoms with Crippen LogP contribution in [0, 0.1) is 0 Å². The molecule has 3 aromatic rings. The highest BCUT2D eigenvalue weighted by Gasteiger charge is 2.16. The first-order valence-corrected chi connectivity index (χ1v) is 10.0. The largest absolute Gasteiger partial charge is 0.497 e. The van der Waals surface area contributed by atoms with Crippen LogP contribution in [-0.2, 0) is 0 Å². The molecule has 1 aliphatic heterocycles. The van der Waals surface area contributed by atoms with E-state index in [4.69, 9.17) is 26.4 Å². The highest BCUT2D eigenvalue weighted by Crippen LogP contribution is 2.31. The SMILES string of the molecule is COc1ccc(-c2csc(NC(=S)NC(=O)c3ccc4c(c3)OCCO4)n2)cc1. The molecule has 0 aliphatic carbocycles. The van der Waals surface area contributed by atoms with Gasteiger partial charge in [0.1, 0.15) is 19.0 Å².